The van der Waals surface area contributed by atoms with Gasteiger partial charge in [0.15, 0.2) is 5.17 Å². The van der Waals surface area contributed by atoms with Crippen molar-refractivity contribution in [2.45, 2.75) is 25.8 Å². The molecule has 0 bridgehead atoms. The number of esters is 1. The number of likely N-dealkylation sites (N-methyl/N-ethyl adjacent to an activating group) is 1. The number of amidine groups is 1. The number of hydrogen-bond acceptors (Lipinski definition) is 8. The van der Waals surface area contributed by atoms with Crippen molar-refractivity contribution in [3.8, 4) is 5.75 Å². The Hall–Kier alpha value is -2.78. The fourth-order valence-corrected chi connectivity index (χ4v) is 5.30. The predicted octanol–water partition coefficient (Wildman–Crippen LogP) is 3.00. The summed E-state index contributed by atoms with van der Waals surface area (Å²) in [6.45, 7) is 5.17. The van der Waals surface area contributed by atoms with Gasteiger partial charge in [0, 0.05) is 31.9 Å². The van der Waals surface area contributed by atoms with Gasteiger partial charge in [-0.2, -0.15) is 0 Å². The first kappa shape index (κ1) is 23.4. The Morgan fingerprint density at radius 3 is 2.61 bits per heavy atom. The highest BCUT2D eigenvalue weighted by atomic mass is 32.2. The number of amides is 1. The Balaban J connectivity index is 1.70. The zero-order valence-corrected chi connectivity index (χ0v) is 20.4. The molecule has 0 aromatic heterocycles. The average Bonchev–Trinajstić information content (AvgIpc) is 3.24. The summed E-state index contributed by atoms with van der Waals surface area (Å²) in [5.74, 6) is 0.374. The van der Waals surface area contributed by atoms with Crippen molar-refractivity contribution in [3.05, 3.63) is 52.2 Å². The van der Waals surface area contributed by atoms with E-state index in [9.17, 15) is 9.59 Å². The number of carbonyl (C=O) groups excluding carboxylic acids is 2. The van der Waals surface area contributed by atoms with Crippen molar-refractivity contribution in [1.29, 1.82) is 0 Å². The van der Waals surface area contributed by atoms with Crippen LogP contribution in [0.5, 0.6) is 5.75 Å². The number of hydrogen-bond donors (Lipinski definition) is 0. The van der Waals surface area contributed by atoms with E-state index in [2.05, 4.69) is 11.9 Å². The summed E-state index contributed by atoms with van der Waals surface area (Å²) in [5, 5.41) is 2.75. The Morgan fingerprint density at radius 1 is 1.18 bits per heavy atom. The maximum absolute atomic E-state index is 13.1. The predicted molar refractivity (Wildman–Crippen MR) is 129 cm³/mol. The normalized spacial score (nSPS) is 20.9. The summed E-state index contributed by atoms with van der Waals surface area (Å²) < 4.78 is 10.6. The third-order valence-corrected chi connectivity index (χ3v) is 7.12. The highest BCUT2D eigenvalue weighted by Crippen LogP contribution is 2.46. The van der Waals surface area contributed by atoms with E-state index in [4.69, 9.17) is 14.5 Å². The Kier molecular flexibility index (Phi) is 7.09. The van der Waals surface area contributed by atoms with E-state index >= 15 is 0 Å². The summed E-state index contributed by atoms with van der Waals surface area (Å²) in [6, 6.07) is 7.22. The van der Waals surface area contributed by atoms with E-state index in [0.717, 1.165) is 42.6 Å². The Morgan fingerprint density at radius 2 is 1.94 bits per heavy atom. The third-order valence-electron chi connectivity index (χ3n) is 6.23. The van der Waals surface area contributed by atoms with E-state index in [-0.39, 0.29) is 12.3 Å². The second-order valence-electron chi connectivity index (χ2n) is 8.24. The van der Waals surface area contributed by atoms with Crippen molar-refractivity contribution in [3.63, 3.8) is 0 Å². The molecule has 9 heteroatoms. The van der Waals surface area contributed by atoms with Crippen LogP contribution >= 0.6 is 11.8 Å². The molecule has 0 saturated carbocycles. The van der Waals surface area contributed by atoms with Gasteiger partial charge in [0.25, 0.3) is 0 Å². The van der Waals surface area contributed by atoms with E-state index in [1.54, 1.807) is 7.11 Å². The quantitative estimate of drug-likeness (QED) is 0.592. The van der Waals surface area contributed by atoms with Crippen LogP contribution in [0.25, 0.3) is 0 Å². The number of allylic oxidation sites excluding steroid dienone is 1. The summed E-state index contributed by atoms with van der Waals surface area (Å²) in [6.07, 6.45) is 0.852. The van der Waals surface area contributed by atoms with Crippen LogP contribution in [-0.4, -0.2) is 79.2 Å². The van der Waals surface area contributed by atoms with Gasteiger partial charge in [0.05, 0.1) is 38.0 Å². The number of thioether (sulfide) groups is 1. The molecule has 0 aliphatic carbocycles. The van der Waals surface area contributed by atoms with Gasteiger partial charge in [-0.1, -0.05) is 30.8 Å². The zero-order chi connectivity index (χ0) is 23.5. The molecule has 0 unspecified atom stereocenters. The first-order chi connectivity index (χ1) is 16.0. The minimum absolute atomic E-state index is 0.0884. The lowest BCUT2D eigenvalue weighted by Crippen LogP contribution is -2.47. The van der Waals surface area contributed by atoms with Gasteiger partial charge in [-0.05, 0) is 36.6 Å². The fourth-order valence-electron chi connectivity index (χ4n) is 4.36. The molecule has 0 N–H and O–H groups in total. The maximum atomic E-state index is 13.1. The minimum atomic E-state index is -0.448. The van der Waals surface area contributed by atoms with Crippen LogP contribution in [-0.2, 0) is 14.3 Å². The second kappa shape index (κ2) is 10.0. The molecule has 3 heterocycles. The lowest BCUT2D eigenvalue weighted by atomic mass is 9.92. The molecule has 3 aliphatic rings. The third kappa shape index (κ3) is 4.65. The van der Waals surface area contributed by atoms with E-state index < -0.39 is 12.0 Å². The Labute approximate surface area is 198 Å². The number of ether oxygens (including phenoxy) is 2. The Bertz CT molecular complexity index is 1030. The highest BCUT2D eigenvalue weighted by Gasteiger charge is 2.42. The number of piperazine rings is 1. The fraction of sp³-hybridized carbons (Fsp3) is 0.458. The van der Waals surface area contributed by atoms with Crippen LogP contribution in [0.2, 0.25) is 0 Å². The first-order valence-electron chi connectivity index (χ1n) is 11.1. The molecule has 3 aliphatic heterocycles. The van der Waals surface area contributed by atoms with Crippen LogP contribution in [0.4, 0.5) is 0 Å². The van der Waals surface area contributed by atoms with Gasteiger partial charge in [0.2, 0.25) is 5.91 Å². The van der Waals surface area contributed by atoms with Crippen LogP contribution < -0.4 is 4.74 Å². The molecule has 1 aromatic rings. The summed E-state index contributed by atoms with van der Waals surface area (Å²) >= 11 is 1.49. The standard InChI is InChI=1S/C24H30N4O4S/c1-5-19-21(23(30)32-4)22(16-7-6-8-18(13-16)31-3)28-17(15-33-24(28)25-19)14-20(29)27-11-9-26(2)10-12-27/h6-8,13,15,22H,5,9-12,14H2,1-4H3/t22-/m0/s1. The molecule has 1 amide bonds. The number of nitrogens with zero attached hydrogens (tertiary/aromatic N) is 4. The number of benzene rings is 1. The van der Waals surface area contributed by atoms with Crippen LogP contribution in [0.15, 0.2) is 51.6 Å². The molecule has 0 radical (unpaired) electrons. The highest BCUT2D eigenvalue weighted by molar-refractivity contribution is 8.16. The minimum Gasteiger partial charge on any atom is -0.497 e. The van der Waals surface area contributed by atoms with Crippen molar-refractivity contribution >= 4 is 28.8 Å². The largest absolute Gasteiger partial charge is 0.497 e. The summed E-state index contributed by atoms with van der Waals surface area (Å²) in [5.41, 5.74) is 2.92. The van der Waals surface area contributed by atoms with E-state index in [0.29, 0.717) is 23.4 Å². The monoisotopic (exact) mass is 470 g/mol. The van der Waals surface area contributed by atoms with Gasteiger partial charge < -0.3 is 24.2 Å². The topological polar surface area (TPSA) is 74.7 Å². The number of methoxy groups -OCH3 is 2. The van der Waals surface area contributed by atoms with Crippen molar-refractivity contribution in [2.24, 2.45) is 4.99 Å². The average molecular weight is 471 g/mol. The molecule has 4 rings (SSSR count). The summed E-state index contributed by atoms with van der Waals surface area (Å²) in [7, 11) is 5.07. The van der Waals surface area contributed by atoms with Crippen LogP contribution in [0.1, 0.15) is 31.4 Å². The lowest BCUT2D eigenvalue weighted by molar-refractivity contribution is -0.136. The maximum Gasteiger partial charge on any atom is 0.338 e. The van der Waals surface area contributed by atoms with Crippen LogP contribution in [0.3, 0.4) is 0 Å². The van der Waals surface area contributed by atoms with Crippen molar-refractivity contribution < 1.29 is 19.1 Å². The molecule has 1 fully saturated rings. The van der Waals surface area contributed by atoms with E-state index in [1.807, 2.05) is 46.4 Å². The van der Waals surface area contributed by atoms with Gasteiger partial charge >= 0.3 is 5.97 Å². The number of rotatable bonds is 6. The SMILES string of the molecule is CCC1=C(C(=O)OC)[C@H](c2cccc(OC)c2)N2C(CC(=O)N3CCN(C)CC3)=CSC2=N1. The molecule has 176 valence electrons. The molecule has 1 aromatic carbocycles. The molecular weight excluding hydrogens is 440 g/mol. The number of carbonyl (C=O) groups is 2. The lowest BCUT2D eigenvalue weighted by Gasteiger charge is -2.37. The van der Waals surface area contributed by atoms with Gasteiger partial charge in [-0.3, -0.25) is 4.79 Å². The molecule has 0 spiro atoms. The van der Waals surface area contributed by atoms with Crippen molar-refractivity contribution in [1.82, 2.24) is 14.7 Å². The van der Waals surface area contributed by atoms with Gasteiger partial charge in [0.1, 0.15) is 5.75 Å². The van der Waals surface area contributed by atoms with Crippen molar-refractivity contribution in [2.75, 3.05) is 47.4 Å². The molecule has 1 atom stereocenters. The molecule has 1 saturated heterocycles. The number of fused-ring (bicyclic) bond motifs is 1. The summed E-state index contributed by atoms with van der Waals surface area (Å²) in [4.78, 5) is 37.0. The smallest absolute Gasteiger partial charge is 0.338 e. The molecule has 33 heavy (non-hydrogen) atoms. The zero-order valence-electron chi connectivity index (χ0n) is 19.5. The number of aliphatic imine (C=N–C) groups is 1. The second-order valence-corrected chi connectivity index (χ2v) is 9.07. The first-order valence-corrected chi connectivity index (χ1v) is 12.0. The molecule has 8 nitrogen and oxygen atoms in total. The van der Waals surface area contributed by atoms with Gasteiger partial charge in [-0.25, -0.2) is 9.79 Å². The molecular formula is C24H30N4O4S. The van der Waals surface area contributed by atoms with Gasteiger partial charge in [-0.15, -0.1) is 0 Å². The van der Waals surface area contributed by atoms with E-state index in [1.165, 1.54) is 18.9 Å². The van der Waals surface area contributed by atoms with Crippen LogP contribution in [0, 0.1) is 0 Å².